The highest BCUT2D eigenvalue weighted by atomic mass is 16.2. The molecule has 5 rings (SSSR count). The fourth-order valence-corrected chi connectivity index (χ4v) is 4.36. The highest BCUT2D eigenvalue weighted by Gasteiger charge is 2.17. The molecule has 1 fully saturated rings. The van der Waals surface area contributed by atoms with Crippen LogP contribution in [0.5, 0.6) is 0 Å². The molecule has 36 heavy (non-hydrogen) atoms. The molecule has 0 unspecified atom stereocenters. The van der Waals surface area contributed by atoms with Gasteiger partial charge in [0.05, 0.1) is 5.69 Å². The van der Waals surface area contributed by atoms with Gasteiger partial charge >= 0.3 is 5.69 Å². The summed E-state index contributed by atoms with van der Waals surface area (Å²) in [4.78, 5) is 42.0. The van der Waals surface area contributed by atoms with Crippen LogP contribution in [0.15, 0.2) is 58.3 Å². The number of rotatable bonds is 4. The number of piperazine rings is 1. The number of anilines is 3. The molecular formula is C27H33N7O2. The summed E-state index contributed by atoms with van der Waals surface area (Å²) < 4.78 is 1.12. The lowest BCUT2D eigenvalue weighted by atomic mass is 10.1. The summed E-state index contributed by atoms with van der Waals surface area (Å²) in [6.45, 7) is 12.1. The molecule has 3 heterocycles. The Balaban J connectivity index is 0.00000148. The SMILES string of the molecule is CC.Cc1cc(Nc2ncc3c(=O)n(-c4ccccc4C)c(=O)[nH]c3n2)ccc1N1CCN(C)CC1. The number of hydrogen-bond acceptors (Lipinski definition) is 7. The van der Waals surface area contributed by atoms with Crippen LogP contribution in [0.3, 0.4) is 0 Å². The largest absolute Gasteiger partial charge is 0.369 e. The Morgan fingerprint density at radius 2 is 1.64 bits per heavy atom. The quantitative estimate of drug-likeness (QED) is 0.454. The minimum absolute atomic E-state index is 0.197. The van der Waals surface area contributed by atoms with Crippen LogP contribution in [0.1, 0.15) is 25.0 Å². The summed E-state index contributed by atoms with van der Waals surface area (Å²) >= 11 is 0. The Kier molecular flexibility index (Phi) is 7.49. The van der Waals surface area contributed by atoms with Crippen LogP contribution in [0.25, 0.3) is 16.7 Å². The summed E-state index contributed by atoms with van der Waals surface area (Å²) in [6, 6.07) is 13.4. The molecule has 1 aliphatic heterocycles. The highest BCUT2D eigenvalue weighted by molar-refractivity contribution is 5.75. The van der Waals surface area contributed by atoms with Crippen LogP contribution >= 0.6 is 0 Å². The Hall–Kier alpha value is -3.98. The first-order valence-corrected chi connectivity index (χ1v) is 12.3. The van der Waals surface area contributed by atoms with Crippen molar-refractivity contribution in [3.05, 3.63) is 80.6 Å². The van der Waals surface area contributed by atoms with Crippen molar-refractivity contribution < 1.29 is 0 Å². The monoisotopic (exact) mass is 487 g/mol. The Morgan fingerprint density at radius 3 is 2.33 bits per heavy atom. The van der Waals surface area contributed by atoms with Crippen LogP contribution in [-0.2, 0) is 0 Å². The van der Waals surface area contributed by atoms with E-state index in [1.54, 1.807) is 12.1 Å². The Labute approximate surface area is 210 Å². The summed E-state index contributed by atoms with van der Waals surface area (Å²) in [5, 5.41) is 3.43. The second kappa shape index (κ2) is 10.7. The summed E-state index contributed by atoms with van der Waals surface area (Å²) in [6.07, 6.45) is 1.45. The smallest absolute Gasteiger partial charge is 0.334 e. The summed E-state index contributed by atoms with van der Waals surface area (Å²) in [5.41, 5.74) is 3.78. The van der Waals surface area contributed by atoms with E-state index in [2.05, 4.69) is 56.2 Å². The number of H-pyrrole nitrogens is 1. The molecule has 0 aliphatic carbocycles. The lowest BCUT2D eigenvalue weighted by Crippen LogP contribution is -2.44. The number of aromatic nitrogens is 4. The zero-order valence-electron chi connectivity index (χ0n) is 21.5. The van der Waals surface area contributed by atoms with Gasteiger partial charge in [-0.15, -0.1) is 0 Å². The first-order valence-electron chi connectivity index (χ1n) is 12.3. The van der Waals surface area contributed by atoms with E-state index in [0.717, 1.165) is 47.6 Å². The fourth-order valence-electron chi connectivity index (χ4n) is 4.36. The fraction of sp³-hybridized carbons (Fsp3) is 0.333. The maximum atomic E-state index is 13.1. The average Bonchev–Trinajstić information content (AvgIpc) is 2.87. The van der Waals surface area contributed by atoms with Gasteiger partial charge in [-0.05, 0) is 56.3 Å². The van der Waals surface area contributed by atoms with E-state index >= 15 is 0 Å². The van der Waals surface area contributed by atoms with Crippen molar-refractivity contribution in [2.75, 3.05) is 43.4 Å². The molecule has 0 bridgehead atoms. The zero-order valence-corrected chi connectivity index (χ0v) is 21.5. The topological polar surface area (TPSA) is 99.1 Å². The van der Waals surface area contributed by atoms with Gasteiger partial charge < -0.3 is 15.1 Å². The summed E-state index contributed by atoms with van der Waals surface area (Å²) in [5.74, 6) is 0.308. The van der Waals surface area contributed by atoms with Crippen molar-refractivity contribution >= 4 is 28.4 Å². The van der Waals surface area contributed by atoms with E-state index in [4.69, 9.17) is 0 Å². The first kappa shape index (κ1) is 25.1. The second-order valence-electron chi connectivity index (χ2n) is 8.73. The van der Waals surface area contributed by atoms with Crippen molar-refractivity contribution in [3.63, 3.8) is 0 Å². The van der Waals surface area contributed by atoms with Gasteiger partial charge in [-0.2, -0.15) is 4.98 Å². The van der Waals surface area contributed by atoms with Crippen molar-refractivity contribution in [1.29, 1.82) is 0 Å². The normalized spacial score (nSPS) is 13.9. The van der Waals surface area contributed by atoms with Gasteiger partial charge in [0.15, 0.2) is 5.65 Å². The van der Waals surface area contributed by atoms with Crippen LogP contribution in [-0.4, -0.2) is 57.6 Å². The van der Waals surface area contributed by atoms with Crippen molar-refractivity contribution in [1.82, 2.24) is 24.4 Å². The number of aromatic amines is 1. The van der Waals surface area contributed by atoms with Gasteiger partial charge in [0.25, 0.3) is 5.56 Å². The molecule has 2 aromatic carbocycles. The maximum Gasteiger partial charge on any atom is 0.334 e. The average molecular weight is 488 g/mol. The third-order valence-corrected chi connectivity index (χ3v) is 6.30. The van der Waals surface area contributed by atoms with Crippen LogP contribution in [0.4, 0.5) is 17.3 Å². The van der Waals surface area contributed by atoms with E-state index < -0.39 is 11.2 Å². The van der Waals surface area contributed by atoms with Crippen LogP contribution in [0.2, 0.25) is 0 Å². The van der Waals surface area contributed by atoms with Crippen molar-refractivity contribution in [2.24, 2.45) is 0 Å². The molecular weight excluding hydrogens is 454 g/mol. The van der Waals surface area contributed by atoms with E-state index in [0.29, 0.717) is 11.6 Å². The molecule has 0 radical (unpaired) electrons. The molecule has 4 aromatic rings. The van der Waals surface area contributed by atoms with Crippen LogP contribution < -0.4 is 21.5 Å². The molecule has 188 valence electrons. The highest BCUT2D eigenvalue weighted by Crippen LogP contribution is 2.26. The minimum Gasteiger partial charge on any atom is -0.369 e. The molecule has 2 aromatic heterocycles. The molecule has 1 saturated heterocycles. The number of para-hydroxylation sites is 1. The molecule has 0 amide bonds. The van der Waals surface area contributed by atoms with E-state index in [1.165, 1.54) is 11.9 Å². The molecule has 1 aliphatic rings. The number of aryl methyl sites for hydroxylation is 2. The van der Waals surface area contributed by atoms with Crippen molar-refractivity contribution in [2.45, 2.75) is 27.7 Å². The van der Waals surface area contributed by atoms with Gasteiger partial charge in [-0.1, -0.05) is 32.0 Å². The maximum absolute atomic E-state index is 13.1. The first-order chi connectivity index (χ1) is 17.4. The van der Waals surface area contributed by atoms with Gasteiger partial charge in [0.2, 0.25) is 5.95 Å². The predicted molar refractivity (Wildman–Crippen MR) is 146 cm³/mol. The van der Waals surface area contributed by atoms with Gasteiger partial charge in [0.1, 0.15) is 5.39 Å². The summed E-state index contributed by atoms with van der Waals surface area (Å²) in [7, 11) is 2.14. The lowest BCUT2D eigenvalue weighted by Gasteiger charge is -2.35. The minimum atomic E-state index is -0.538. The van der Waals surface area contributed by atoms with Gasteiger partial charge in [0, 0.05) is 43.8 Å². The van der Waals surface area contributed by atoms with Gasteiger partial charge in [-0.3, -0.25) is 9.78 Å². The molecule has 0 spiro atoms. The van der Waals surface area contributed by atoms with Crippen molar-refractivity contribution in [3.8, 4) is 5.69 Å². The third-order valence-electron chi connectivity index (χ3n) is 6.30. The molecule has 0 atom stereocenters. The number of benzene rings is 2. The van der Waals surface area contributed by atoms with E-state index in [1.807, 2.05) is 39.0 Å². The van der Waals surface area contributed by atoms with E-state index in [-0.39, 0.29) is 11.0 Å². The Bertz CT molecular complexity index is 1480. The zero-order chi connectivity index (χ0) is 25.8. The number of fused-ring (bicyclic) bond motifs is 1. The number of hydrogen-bond donors (Lipinski definition) is 2. The number of nitrogens with zero attached hydrogens (tertiary/aromatic N) is 5. The third kappa shape index (κ3) is 5.01. The Morgan fingerprint density at radius 1 is 0.917 bits per heavy atom. The van der Waals surface area contributed by atoms with Gasteiger partial charge in [-0.25, -0.2) is 14.3 Å². The number of nitrogens with one attached hydrogen (secondary N) is 2. The second-order valence-corrected chi connectivity index (χ2v) is 8.73. The molecule has 2 N–H and O–H groups in total. The van der Waals surface area contributed by atoms with Crippen LogP contribution in [0, 0.1) is 13.8 Å². The lowest BCUT2D eigenvalue weighted by molar-refractivity contribution is 0.312. The van der Waals surface area contributed by atoms with E-state index in [9.17, 15) is 9.59 Å². The predicted octanol–water partition coefficient (Wildman–Crippen LogP) is 3.61. The molecule has 9 heteroatoms. The molecule has 0 saturated carbocycles. The molecule has 9 nitrogen and oxygen atoms in total. The number of likely N-dealkylation sites (N-methyl/N-ethyl adjacent to an activating group) is 1. The standard InChI is InChI=1S/C25H27N7O2.C2H6/c1-16-6-4-5-7-21(16)32-23(33)19-15-26-24(28-22(19)29-25(32)34)27-18-8-9-20(17(2)14-18)31-12-10-30(3)11-13-31;1-2/h4-9,14-15H,10-13H2,1-3H3,(H2,26,27,28,29,34);1-2H3.